The Hall–Kier alpha value is -2.27. The first-order valence-electron chi connectivity index (χ1n) is 6.27. The second-order valence-electron chi connectivity index (χ2n) is 4.36. The molecule has 0 radical (unpaired) electrons. The minimum atomic E-state index is 0.459. The zero-order valence-corrected chi connectivity index (χ0v) is 11.6. The van der Waals surface area contributed by atoms with E-state index < -0.39 is 0 Å². The van der Waals surface area contributed by atoms with Crippen LogP contribution in [0.3, 0.4) is 0 Å². The zero-order chi connectivity index (χ0) is 13.6. The maximum Gasteiger partial charge on any atom is 0.133 e. The van der Waals surface area contributed by atoms with Gasteiger partial charge in [-0.3, -0.25) is 4.98 Å². The monoisotopic (exact) mass is 283 g/mol. The van der Waals surface area contributed by atoms with Gasteiger partial charge in [-0.25, -0.2) is 0 Å². The first-order chi connectivity index (χ1) is 9.90. The van der Waals surface area contributed by atoms with Gasteiger partial charge in [0.1, 0.15) is 18.1 Å². The van der Waals surface area contributed by atoms with Crippen molar-refractivity contribution in [1.82, 2.24) is 13.7 Å². The molecule has 1 aromatic carbocycles. The summed E-state index contributed by atoms with van der Waals surface area (Å²) in [6, 6.07) is 12.2. The van der Waals surface area contributed by atoms with E-state index in [0.717, 1.165) is 17.9 Å². The van der Waals surface area contributed by atoms with Crippen LogP contribution in [0.4, 0.5) is 0 Å². The van der Waals surface area contributed by atoms with E-state index in [-0.39, 0.29) is 0 Å². The molecule has 0 saturated carbocycles. The molecule has 2 heterocycles. The molecule has 3 aromatic rings. The third-order valence-corrected chi connectivity index (χ3v) is 3.39. The summed E-state index contributed by atoms with van der Waals surface area (Å²) in [5.74, 6) is 0.844. The number of rotatable bonds is 5. The molecule has 2 aromatic heterocycles. The molecular formula is C15H13N3OS. The van der Waals surface area contributed by atoms with Crippen molar-refractivity contribution in [3.63, 3.8) is 0 Å². The quantitative estimate of drug-likeness (QED) is 0.722. The lowest BCUT2D eigenvalue weighted by molar-refractivity contribution is 0.302. The van der Waals surface area contributed by atoms with E-state index in [4.69, 9.17) is 4.74 Å². The molecule has 20 heavy (non-hydrogen) atoms. The number of pyridine rings is 1. The number of benzene rings is 1. The predicted octanol–water partition coefficient (Wildman–Crippen LogP) is 3.10. The lowest BCUT2D eigenvalue weighted by atomic mass is 10.1. The molecule has 0 saturated heterocycles. The summed E-state index contributed by atoms with van der Waals surface area (Å²) >= 11 is 1.19. The highest BCUT2D eigenvalue weighted by Crippen LogP contribution is 2.16. The average Bonchev–Trinajstić information content (AvgIpc) is 3.01. The van der Waals surface area contributed by atoms with Crippen LogP contribution in [-0.4, -0.2) is 13.7 Å². The van der Waals surface area contributed by atoms with E-state index >= 15 is 0 Å². The Bertz CT molecular complexity index is 639. The van der Waals surface area contributed by atoms with Crippen molar-refractivity contribution >= 4 is 11.7 Å². The highest BCUT2D eigenvalue weighted by molar-refractivity contribution is 6.99. The van der Waals surface area contributed by atoms with E-state index in [1.807, 2.05) is 36.7 Å². The van der Waals surface area contributed by atoms with Gasteiger partial charge in [0.2, 0.25) is 0 Å². The maximum atomic E-state index is 5.65. The van der Waals surface area contributed by atoms with Gasteiger partial charge in [-0.15, -0.1) is 0 Å². The Balaban J connectivity index is 1.60. The molecule has 0 aliphatic rings. The van der Waals surface area contributed by atoms with E-state index in [0.29, 0.717) is 6.61 Å². The van der Waals surface area contributed by atoms with Crippen molar-refractivity contribution in [3.8, 4) is 5.75 Å². The molecule has 0 bridgehead atoms. The molecule has 4 nitrogen and oxygen atoms in total. The van der Waals surface area contributed by atoms with Gasteiger partial charge >= 0.3 is 0 Å². The van der Waals surface area contributed by atoms with Gasteiger partial charge in [-0.1, -0.05) is 12.1 Å². The van der Waals surface area contributed by atoms with Gasteiger partial charge in [-0.2, -0.15) is 8.75 Å². The van der Waals surface area contributed by atoms with Gasteiger partial charge in [0.05, 0.1) is 17.9 Å². The van der Waals surface area contributed by atoms with Crippen molar-refractivity contribution in [3.05, 3.63) is 71.8 Å². The number of nitrogens with zero attached hydrogens (tertiary/aromatic N) is 3. The summed E-state index contributed by atoms with van der Waals surface area (Å²) in [5.41, 5.74) is 3.36. The second kappa shape index (κ2) is 6.25. The molecular weight excluding hydrogens is 270 g/mol. The Morgan fingerprint density at radius 3 is 2.40 bits per heavy atom. The molecule has 0 unspecified atom stereocenters. The summed E-state index contributed by atoms with van der Waals surface area (Å²) in [4.78, 5) is 4.02. The lowest BCUT2D eigenvalue weighted by Crippen LogP contribution is -1.95. The van der Waals surface area contributed by atoms with Gasteiger partial charge < -0.3 is 4.74 Å². The van der Waals surface area contributed by atoms with Crippen molar-refractivity contribution in [2.24, 2.45) is 0 Å². The van der Waals surface area contributed by atoms with Crippen molar-refractivity contribution < 1.29 is 4.74 Å². The summed E-state index contributed by atoms with van der Waals surface area (Å²) in [6.07, 6.45) is 6.25. The van der Waals surface area contributed by atoms with Crippen LogP contribution in [0.25, 0.3) is 0 Å². The molecule has 100 valence electrons. The third-order valence-electron chi connectivity index (χ3n) is 2.87. The lowest BCUT2D eigenvalue weighted by Gasteiger charge is -2.06. The molecule has 0 spiro atoms. The number of hydrogen-bond donors (Lipinski definition) is 0. The average molecular weight is 283 g/mol. The van der Waals surface area contributed by atoms with Crippen LogP contribution in [0.2, 0.25) is 0 Å². The summed E-state index contributed by atoms with van der Waals surface area (Å²) in [6.45, 7) is 0.459. The van der Waals surface area contributed by atoms with Crippen LogP contribution in [0.1, 0.15) is 16.8 Å². The van der Waals surface area contributed by atoms with E-state index in [1.54, 1.807) is 6.20 Å². The topological polar surface area (TPSA) is 47.9 Å². The molecule has 0 aliphatic carbocycles. The normalized spacial score (nSPS) is 10.4. The van der Waals surface area contributed by atoms with Crippen LogP contribution in [0.15, 0.2) is 55.0 Å². The summed E-state index contributed by atoms with van der Waals surface area (Å²) < 4.78 is 13.7. The van der Waals surface area contributed by atoms with Gasteiger partial charge in [0, 0.05) is 12.4 Å². The van der Waals surface area contributed by atoms with Crippen molar-refractivity contribution in [1.29, 1.82) is 0 Å². The van der Waals surface area contributed by atoms with Gasteiger partial charge in [0.25, 0.3) is 0 Å². The Morgan fingerprint density at radius 1 is 0.950 bits per heavy atom. The first-order valence-corrected chi connectivity index (χ1v) is 7.00. The minimum Gasteiger partial charge on any atom is -0.487 e. The number of hydrogen-bond acceptors (Lipinski definition) is 5. The molecule has 5 heteroatoms. The SMILES string of the molecule is c1cc(Cc2ccc(OCc3cnsn3)cc2)ccn1. The smallest absolute Gasteiger partial charge is 0.133 e. The number of aromatic nitrogens is 3. The number of ether oxygens (including phenoxy) is 1. The molecule has 0 N–H and O–H groups in total. The van der Waals surface area contributed by atoms with E-state index in [2.05, 4.69) is 25.9 Å². The van der Waals surface area contributed by atoms with E-state index in [9.17, 15) is 0 Å². The van der Waals surface area contributed by atoms with Crippen molar-refractivity contribution in [2.75, 3.05) is 0 Å². The molecule has 3 rings (SSSR count). The largest absolute Gasteiger partial charge is 0.487 e. The van der Waals surface area contributed by atoms with Gasteiger partial charge in [-0.05, 0) is 41.8 Å². The standard InChI is InChI=1S/C15H13N3OS/c1-3-15(19-11-14-10-17-20-18-14)4-2-12(1)9-13-5-7-16-8-6-13/h1-8,10H,9,11H2. The molecule has 0 fully saturated rings. The van der Waals surface area contributed by atoms with Crippen LogP contribution in [-0.2, 0) is 13.0 Å². The third kappa shape index (κ3) is 3.39. The summed E-state index contributed by atoms with van der Waals surface area (Å²) in [7, 11) is 0. The van der Waals surface area contributed by atoms with Crippen LogP contribution >= 0.6 is 11.7 Å². The van der Waals surface area contributed by atoms with Crippen molar-refractivity contribution in [2.45, 2.75) is 13.0 Å². The van der Waals surface area contributed by atoms with Crippen LogP contribution in [0.5, 0.6) is 5.75 Å². The Kier molecular flexibility index (Phi) is 3.99. The minimum absolute atomic E-state index is 0.459. The fraction of sp³-hybridized carbons (Fsp3) is 0.133. The second-order valence-corrected chi connectivity index (χ2v) is 4.92. The predicted molar refractivity (Wildman–Crippen MR) is 77.7 cm³/mol. The zero-order valence-electron chi connectivity index (χ0n) is 10.8. The van der Waals surface area contributed by atoms with Gasteiger partial charge in [0.15, 0.2) is 0 Å². The maximum absolute atomic E-state index is 5.65. The molecule has 0 atom stereocenters. The Labute approximate surface area is 121 Å². The first kappa shape index (κ1) is 12.7. The van der Waals surface area contributed by atoms with E-state index in [1.165, 1.54) is 22.9 Å². The van der Waals surface area contributed by atoms with Crippen LogP contribution in [0, 0.1) is 0 Å². The highest BCUT2D eigenvalue weighted by atomic mass is 32.1. The molecule has 0 aliphatic heterocycles. The van der Waals surface area contributed by atoms with Crippen LogP contribution < -0.4 is 4.74 Å². The Morgan fingerprint density at radius 2 is 1.70 bits per heavy atom. The fourth-order valence-corrected chi connectivity index (χ4v) is 2.27. The highest BCUT2D eigenvalue weighted by Gasteiger charge is 2.00. The molecule has 0 amide bonds. The summed E-state index contributed by atoms with van der Waals surface area (Å²) in [5, 5.41) is 0. The fourth-order valence-electron chi connectivity index (χ4n) is 1.84.